The molecule has 0 rings (SSSR count). The van der Waals surface area contributed by atoms with Gasteiger partial charge < -0.3 is 0 Å². The number of sulfone groups is 1. The molecule has 0 spiro atoms. The van der Waals surface area contributed by atoms with Crippen molar-refractivity contribution in [3.05, 3.63) is 0 Å². The highest BCUT2D eigenvalue weighted by Crippen LogP contribution is 1.99. The van der Waals surface area contributed by atoms with Gasteiger partial charge >= 0.3 is 0 Å². The van der Waals surface area contributed by atoms with Gasteiger partial charge in [0, 0.05) is 0 Å². The van der Waals surface area contributed by atoms with Gasteiger partial charge in [0.05, 0.1) is 22.5 Å². The largest absolute Gasteiger partial charge is 0.286 e. The maximum atomic E-state index is 11.1. The molecule has 0 aromatic rings. The summed E-state index contributed by atoms with van der Waals surface area (Å²) in [5.74, 6) is -2.34. The first-order chi connectivity index (χ1) is 6.53. The average molecular weight is 280 g/mol. The van der Waals surface area contributed by atoms with Gasteiger partial charge in [-0.25, -0.2) is 16.8 Å². The van der Waals surface area contributed by atoms with Crippen LogP contribution in [0.1, 0.15) is 6.92 Å². The van der Waals surface area contributed by atoms with Gasteiger partial charge in [0.15, 0.2) is 9.84 Å². The predicted molar refractivity (Wildman–Crippen MR) is 54.8 cm³/mol. The van der Waals surface area contributed by atoms with E-state index >= 15 is 0 Å². The van der Waals surface area contributed by atoms with E-state index in [9.17, 15) is 25.3 Å². The minimum Gasteiger partial charge on any atom is -0.286 e. The number of rotatable bonds is 6. The van der Waals surface area contributed by atoms with Crippen LogP contribution in [-0.2, 0) is 30.7 Å². The standard InChI is InChI=1S/C5H12O7S3/c1-5(13(6)7)4-14(8,9)2-3-15(10,11)12/h5,13H,2-4H2,1H3,(H,10,11,12). The zero-order chi connectivity index (χ0) is 12.3. The first-order valence-corrected chi connectivity index (χ1v) is 8.50. The summed E-state index contributed by atoms with van der Waals surface area (Å²) in [6.07, 6.45) is 0. The van der Waals surface area contributed by atoms with Crippen LogP contribution in [0.2, 0.25) is 0 Å². The second-order valence-corrected chi connectivity index (χ2v) is 8.29. The average Bonchev–Trinajstić information content (AvgIpc) is 1.99. The minimum absolute atomic E-state index is 0.638. The summed E-state index contributed by atoms with van der Waals surface area (Å²) >= 11 is 0. The van der Waals surface area contributed by atoms with E-state index in [1.54, 1.807) is 0 Å². The summed E-state index contributed by atoms with van der Waals surface area (Å²) in [7, 11) is -11.0. The quantitative estimate of drug-likeness (QED) is 0.438. The van der Waals surface area contributed by atoms with E-state index in [0.717, 1.165) is 0 Å². The Bertz CT molecular complexity index is 461. The molecule has 0 saturated carbocycles. The SMILES string of the molecule is CC(CS(=O)(=O)CCS(=O)(=O)O)[SH](=O)=O. The van der Waals surface area contributed by atoms with E-state index in [0.29, 0.717) is 0 Å². The van der Waals surface area contributed by atoms with Crippen molar-refractivity contribution >= 4 is 30.7 Å². The molecule has 92 valence electrons. The fourth-order valence-electron chi connectivity index (χ4n) is 0.744. The van der Waals surface area contributed by atoms with Crippen molar-refractivity contribution in [3.63, 3.8) is 0 Å². The lowest BCUT2D eigenvalue weighted by atomic mass is 10.6. The number of hydrogen-bond donors (Lipinski definition) is 2. The van der Waals surface area contributed by atoms with E-state index in [2.05, 4.69) is 0 Å². The fourth-order valence-corrected chi connectivity index (χ4v) is 4.67. The van der Waals surface area contributed by atoms with Crippen LogP contribution in [0.5, 0.6) is 0 Å². The van der Waals surface area contributed by atoms with Crippen LogP contribution in [0.15, 0.2) is 0 Å². The van der Waals surface area contributed by atoms with Crippen LogP contribution in [0.3, 0.4) is 0 Å². The van der Waals surface area contributed by atoms with E-state index in [1.165, 1.54) is 6.92 Å². The lowest BCUT2D eigenvalue weighted by Crippen LogP contribution is -2.25. The molecule has 0 aliphatic heterocycles. The molecular weight excluding hydrogens is 268 g/mol. The van der Waals surface area contributed by atoms with Crippen molar-refractivity contribution in [1.82, 2.24) is 0 Å². The molecule has 0 saturated heterocycles. The summed E-state index contributed by atoms with van der Waals surface area (Å²) < 4.78 is 71.9. The molecule has 15 heavy (non-hydrogen) atoms. The van der Waals surface area contributed by atoms with Crippen molar-refractivity contribution < 1.29 is 29.8 Å². The molecule has 0 aliphatic rings. The van der Waals surface area contributed by atoms with Crippen LogP contribution in [0.4, 0.5) is 0 Å². The first-order valence-electron chi connectivity index (χ1n) is 3.82. The smallest absolute Gasteiger partial charge is 0.265 e. The van der Waals surface area contributed by atoms with E-state index < -0.39 is 53.2 Å². The number of thiol groups is 1. The zero-order valence-electron chi connectivity index (χ0n) is 7.86. The highest BCUT2D eigenvalue weighted by atomic mass is 32.2. The molecule has 0 radical (unpaired) electrons. The Morgan fingerprint density at radius 3 is 1.93 bits per heavy atom. The summed E-state index contributed by atoms with van der Waals surface area (Å²) in [5, 5.41) is -1.06. The molecule has 1 N–H and O–H groups in total. The molecule has 7 nitrogen and oxygen atoms in total. The van der Waals surface area contributed by atoms with Gasteiger partial charge in [-0.2, -0.15) is 8.42 Å². The maximum Gasteiger partial charge on any atom is 0.265 e. The zero-order valence-corrected chi connectivity index (χ0v) is 10.4. The molecule has 0 bridgehead atoms. The topological polar surface area (TPSA) is 123 Å². The molecule has 0 aromatic carbocycles. The molecule has 0 aromatic heterocycles. The first kappa shape index (κ1) is 14.8. The van der Waals surface area contributed by atoms with E-state index in [4.69, 9.17) is 4.55 Å². The van der Waals surface area contributed by atoms with Gasteiger partial charge in [-0.3, -0.25) is 4.55 Å². The Morgan fingerprint density at radius 1 is 1.13 bits per heavy atom. The normalized spacial score (nSPS) is 15.4. The second-order valence-electron chi connectivity index (χ2n) is 3.03. The molecule has 0 heterocycles. The van der Waals surface area contributed by atoms with Crippen LogP contribution < -0.4 is 0 Å². The summed E-state index contributed by atoms with van der Waals surface area (Å²) in [6.45, 7) is 1.21. The molecular formula is C5H12O7S3. The van der Waals surface area contributed by atoms with Gasteiger partial charge in [-0.1, -0.05) is 0 Å². The van der Waals surface area contributed by atoms with Crippen molar-refractivity contribution in [1.29, 1.82) is 0 Å². The highest BCUT2D eigenvalue weighted by Gasteiger charge is 2.20. The van der Waals surface area contributed by atoms with Crippen LogP contribution in [0.25, 0.3) is 0 Å². The Labute approximate surface area is 90.1 Å². The molecule has 1 atom stereocenters. The third kappa shape index (κ3) is 7.71. The lowest BCUT2D eigenvalue weighted by Gasteiger charge is -2.04. The van der Waals surface area contributed by atoms with Gasteiger partial charge in [-0.05, 0) is 6.92 Å². The monoisotopic (exact) mass is 280 g/mol. The summed E-state index contributed by atoms with van der Waals surface area (Å²) in [6, 6.07) is 0. The maximum absolute atomic E-state index is 11.1. The van der Waals surface area contributed by atoms with Crippen LogP contribution in [0, 0.1) is 0 Å². The van der Waals surface area contributed by atoms with Crippen molar-refractivity contribution in [2.24, 2.45) is 0 Å². The van der Waals surface area contributed by atoms with E-state index in [1.807, 2.05) is 0 Å². The molecule has 0 aliphatic carbocycles. The van der Waals surface area contributed by atoms with Crippen molar-refractivity contribution in [3.8, 4) is 0 Å². The molecule has 0 amide bonds. The lowest BCUT2D eigenvalue weighted by molar-refractivity contribution is 0.484. The predicted octanol–water partition coefficient (Wildman–Crippen LogP) is -1.71. The fraction of sp³-hybridized carbons (Fsp3) is 1.00. The van der Waals surface area contributed by atoms with Crippen LogP contribution >= 0.6 is 0 Å². The Balaban J connectivity index is 4.46. The summed E-state index contributed by atoms with van der Waals surface area (Å²) in [4.78, 5) is 0. The Kier molecular flexibility index (Phi) is 5.17. The van der Waals surface area contributed by atoms with Crippen LogP contribution in [-0.4, -0.2) is 52.3 Å². The third-order valence-corrected chi connectivity index (χ3v) is 5.47. The molecule has 10 heteroatoms. The molecule has 1 unspecified atom stereocenters. The Hall–Kier alpha value is -0.190. The van der Waals surface area contributed by atoms with E-state index in [-0.39, 0.29) is 0 Å². The Morgan fingerprint density at radius 2 is 1.60 bits per heavy atom. The van der Waals surface area contributed by atoms with Gasteiger partial charge in [0.25, 0.3) is 10.1 Å². The number of hydrogen-bond acceptors (Lipinski definition) is 6. The summed E-state index contributed by atoms with van der Waals surface area (Å²) in [5.41, 5.74) is 0. The second kappa shape index (κ2) is 5.23. The van der Waals surface area contributed by atoms with Gasteiger partial charge in [0.2, 0.25) is 0 Å². The minimum atomic E-state index is -4.34. The third-order valence-electron chi connectivity index (χ3n) is 1.51. The van der Waals surface area contributed by atoms with Crippen molar-refractivity contribution in [2.75, 3.05) is 17.3 Å². The van der Waals surface area contributed by atoms with Gasteiger partial charge in [0.1, 0.15) is 10.7 Å². The molecule has 0 fully saturated rings. The van der Waals surface area contributed by atoms with Crippen molar-refractivity contribution in [2.45, 2.75) is 12.2 Å². The highest BCUT2D eigenvalue weighted by molar-refractivity contribution is 7.93. The van der Waals surface area contributed by atoms with Gasteiger partial charge in [-0.15, -0.1) is 0 Å².